The highest BCUT2D eigenvalue weighted by molar-refractivity contribution is 7.85. The molecule has 1 rings (SSSR count). The molecule has 0 N–H and O–H groups in total. The predicted octanol–water partition coefficient (Wildman–Crippen LogP) is 4.08. The van der Waals surface area contributed by atoms with Crippen LogP contribution in [0.2, 0.25) is 0 Å². The lowest BCUT2D eigenvalue weighted by molar-refractivity contribution is 0.463. The summed E-state index contributed by atoms with van der Waals surface area (Å²) in [6, 6.07) is 5.78. The minimum atomic E-state index is -4.27. The van der Waals surface area contributed by atoms with Crippen LogP contribution in [0, 0.1) is 6.92 Å². The van der Waals surface area contributed by atoms with Crippen molar-refractivity contribution >= 4 is 21.9 Å². The lowest BCUT2D eigenvalue weighted by Crippen LogP contribution is -1.97. The van der Waals surface area contributed by atoms with Crippen LogP contribution in [-0.4, -0.2) is 25.0 Å². The molecule has 128 valence electrons. The number of thiol groups is 1. The van der Waals surface area contributed by atoms with Crippen LogP contribution in [0.25, 0.3) is 0 Å². The van der Waals surface area contributed by atoms with E-state index in [1.807, 2.05) is 6.92 Å². The molecule has 0 aliphatic rings. The molecule has 1 aromatic rings. The fourth-order valence-corrected chi connectivity index (χ4v) is 2.94. The van der Waals surface area contributed by atoms with Crippen molar-refractivity contribution in [1.29, 1.82) is 0 Å². The van der Waals surface area contributed by atoms with Gasteiger partial charge < -0.3 is 4.55 Å². The zero-order valence-electron chi connectivity index (χ0n) is 14.0. The van der Waals surface area contributed by atoms with E-state index in [1.165, 1.54) is 62.8 Å². The van der Waals surface area contributed by atoms with Gasteiger partial charge in [0.05, 0.1) is 11.2 Å². The number of unbranched alkanes of at least 4 members (excludes halogenated alkanes) is 6. The molecule has 0 aromatic heterocycles. The van der Waals surface area contributed by atoms with E-state index in [1.54, 1.807) is 23.9 Å². The van der Waals surface area contributed by atoms with Crippen molar-refractivity contribution in [2.75, 3.05) is 12.0 Å². The predicted molar refractivity (Wildman–Crippen MR) is 96.7 cm³/mol. The van der Waals surface area contributed by atoms with Gasteiger partial charge in [-0.1, -0.05) is 56.7 Å². The van der Waals surface area contributed by atoms with E-state index in [9.17, 15) is 13.0 Å². The molecule has 5 heteroatoms. The fourth-order valence-electron chi connectivity index (χ4n) is 1.93. The van der Waals surface area contributed by atoms with E-state index in [4.69, 9.17) is 0 Å². The molecule has 1 aromatic carbocycles. The Labute approximate surface area is 140 Å². The van der Waals surface area contributed by atoms with Gasteiger partial charge in [0.15, 0.2) is 0 Å². The highest BCUT2D eigenvalue weighted by atomic mass is 32.2. The van der Waals surface area contributed by atoms with Crippen molar-refractivity contribution in [2.45, 2.75) is 63.7 Å². The van der Waals surface area contributed by atoms with Crippen molar-refractivity contribution in [3.63, 3.8) is 0 Å². The lowest BCUT2D eigenvalue weighted by atomic mass is 10.1. The number of aryl methyl sites for hydroxylation is 1. The highest BCUT2D eigenvalue weighted by Crippen LogP contribution is 2.08. The Morgan fingerprint density at radius 2 is 1.45 bits per heavy atom. The van der Waals surface area contributed by atoms with Gasteiger partial charge in [-0.15, -0.1) is 0 Å². The number of hydrogen-bond donors (Lipinski definition) is 0. The Morgan fingerprint density at radius 1 is 0.955 bits per heavy atom. The first-order chi connectivity index (χ1) is 10.4. The third-order valence-corrected chi connectivity index (χ3v) is 4.91. The SMILES string of the molecule is CCCCCCCCC[SH+]C.Cc1ccc(S(=O)(=O)[O-])cc1. The summed E-state index contributed by atoms with van der Waals surface area (Å²) < 4.78 is 31.2. The van der Waals surface area contributed by atoms with Gasteiger partial charge in [0.1, 0.15) is 15.9 Å². The Kier molecular flexibility index (Phi) is 12.7. The van der Waals surface area contributed by atoms with Gasteiger partial charge in [-0.25, -0.2) is 8.42 Å². The Morgan fingerprint density at radius 3 is 1.91 bits per heavy atom. The second-order valence-electron chi connectivity index (χ2n) is 5.43. The molecular formula is C17H30O3S2. The molecule has 0 heterocycles. The smallest absolute Gasteiger partial charge is 0.124 e. The van der Waals surface area contributed by atoms with E-state index in [-0.39, 0.29) is 4.90 Å². The topological polar surface area (TPSA) is 57.2 Å². The zero-order chi connectivity index (χ0) is 16.8. The van der Waals surface area contributed by atoms with E-state index in [0.29, 0.717) is 0 Å². The van der Waals surface area contributed by atoms with Crippen molar-refractivity contribution in [3.8, 4) is 0 Å². The molecule has 0 bridgehead atoms. The molecule has 0 saturated carbocycles. The molecule has 0 unspecified atom stereocenters. The van der Waals surface area contributed by atoms with Gasteiger partial charge >= 0.3 is 0 Å². The highest BCUT2D eigenvalue weighted by Gasteiger charge is 1.97. The second-order valence-corrected chi connectivity index (χ2v) is 7.89. The monoisotopic (exact) mass is 346 g/mol. The van der Waals surface area contributed by atoms with E-state index < -0.39 is 10.1 Å². The van der Waals surface area contributed by atoms with Gasteiger partial charge in [0.2, 0.25) is 0 Å². The molecule has 22 heavy (non-hydrogen) atoms. The second kappa shape index (κ2) is 13.0. The van der Waals surface area contributed by atoms with Crippen LogP contribution >= 0.6 is 0 Å². The molecule has 0 saturated heterocycles. The summed E-state index contributed by atoms with van der Waals surface area (Å²) >= 11 is 1.57. The Hall–Kier alpha value is -0.520. The third kappa shape index (κ3) is 12.1. The largest absolute Gasteiger partial charge is 0.744 e. The first-order valence-corrected chi connectivity index (χ1v) is 10.9. The maximum atomic E-state index is 10.4. The van der Waals surface area contributed by atoms with Gasteiger partial charge in [-0.3, -0.25) is 0 Å². The lowest BCUT2D eigenvalue weighted by Gasteiger charge is -2.05. The molecule has 0 radical (unpaired) electrons. The Bertz CT molecular complexity index is 459. The minimum Gasteiger partial charge on any atom is -0.744 e. The van der Waals surface area contributed by atoms with Crippen molar-refractivity contribution in [3.05, 3.63) is 29.8 Å². The summed E-state index contributed by atoms with van der Waals surface area (Å²) in [6.45, 7) is 4.09. The van der Waals surface area contributed by atoms with Gasteiger partial charge in [0, 0.05) is 0 Å². The van der Waals surface area contributed by atoms with E-state index in [0.717, 1.165) is 5.56 Å². The molecule has 0 atom stereocenters. The first kappa shape index (κ1) is 21.5. The van der Waals surface area contributed by atoms with Crippen molar-refractivity contribution in [1.82, 2.24) is 0 Å². The fraction of sp³-hybridized carbons (Fsp3) is 0.647. The van der Waals surface area contributed by atoms with Crippen molar-refractivity contribution < 1.29 is 13.0 Å². The van der Waals surface area contributed by atoms with E-state index in [2.05, 4.69) is 13.2 Å². The molecule has 0 spiro atoms. The number of benzene rings is 1. The quantitative estimate of drug-likeness (QED) is 0.293. The average Bonchev–Trinajstić information content (AvgIpc) is 2.47. The van der Waals surface area contributed by atoms with Crippen LogP contribution in [0.4, 0.5) is 0 Å². The normalized spacial score (nSPS) is 10.9. The number of hydrogen-bond acceptors (Lipinski definition) is 3. The third-order valence-electron chi connectivity index (χ3n) is 3.29. The summed E-state index contributed by atoms with van der Waals surface area (Å²) in [5, 5.41) is 0. The summed E-state index contributed by atoms with van der Waals surface area (Å²) in [5.41, 5.74) is 0.928. The van der Waals surface area contributed by atoms with Gasteiger partial charge in [0.25, 0.3) is 0 Å². The molecule has 0 aliphatic carbocycles. The summed E-state index contributed by atoms with van der Waals surface area (Å²) in [7, 11) is -4.27. The molecule has 0 amide bonds. The molecular weight excluding hydrogens is 316 g/mol. The van der Waals surface area contributed by atoms with Crippen LogP contribution in [0.5, 0.6) is 0 Å². The van der Waals surface area contributed by atoms with Crippen molar-refractivity contribution in [2.24, 2.45) is 0 Å². The average molecular weight is 347 g/mol. The maximum absolute atomic E-state index is 10.4. The van der Waals surface area contributed by atoms with E-state index >= 15 is 0 Å². The Balaban J connectivity index is 0.000000401. The molecule has 3 nitrogen and oxygen atoms in total. The zero-order valence-corrected chi connectivity index (χ0v) is 15.8. The molecule has 0 fully saturated rings. The summed E-state index contributed by atoms with van der Waals surface area (Å²) in [5.74, 6) is 1.41. The van der Waals surface area contributed by atoms with Gasteiger partial charge in [-0.05, 0) is 43.7 Å². The van der Waals surface area contributed by atoms with Crippen LogP contribution < -0.4 is 0 Å². The van der Waals surface area contributed by atoms with Crippen LogP contribution in [0.3, 0.4) is 0 Å². The van der Waals surface area contributed by atoms with Crippen LogP contribution in [-0.2, 0) is 21.9 Å². The van der Waals surface area contributed by atoms with Crippen LogP contribution in [0.1, 0.15) is 57.4 Å². The van der Waals surface area contributed by atoms with Crippen LogP contribution in [0.15, 0.2) is 29.2 Å². The summed E-state index contributed by atoms with van der Waals surface area (Å²) in [4.78, 5) is -0.178. The maximum Gasteiger partial charge on any atom is 0.124 e. The first-order valence-electron chi connectivity index (χ1n) is 8.00. The molecule has 0 aliphatic heterocycles. The minimum absolute atomic E-state index is 0.178. The van der Waals surface area contributed by atoms with Gasteiger partial charge in [-0.2, -0.15) is 0 Å². The summed E-state index contributed by atoms with van der Waals surface area (Å²) in [6.07, 6.45) is 12.4. The standard InChI is InChI=1S/C10H22S.C7H8O3S/c1-3-4-5-6-7-8-9-10-11-2;1-6-2-4-7(5-3-6)11(8,9)10/h3-10H2,1-2H3;2-5H,1H3,(H,8,9,10). The number of rotatable bonds is 9.